The zero-order chi connectivity index (χ0) is 12.4. The number of hydrogen-bond donors (Lipinski definition) is 0. The van der Waals surface area contributed by atoms with Crippen molar-refractivity contribution in [1.29, 1.82) is 0 Å². The molecule has 2 fully saturated rings. The molecule has 0 aliphatic carbocycles. The van der Waals surface area contributed by atoms with E-state index in [0.29, 0.717) is 24.3 Å². The van der Waals surface area contributed by atoms with Crippen molar-refractivity contribution >= 4 is 0 Å². The highest BCUT2D eigenvalue weighted by Gasteiger charge is 2.29. The van der Waals surface area contributed by atoms with Crippen molar-refractivity contribution in [2.75, 3.05) is 33.0 Å². The fourth-order valence-corrected chi connectivity index (χ4v) is 2.57. The first kappa shape index (κ1) is 13.3. The number of morpholine rings is 2. The highest BCUT2D eigenvalue weighted by atomic mass is 16.5. The van der Waals surface area contributed by atoms with Crippen LogP contribution in [0.3, 0.4) is 0 Å². The largest absolute Gasteiger partial charge is 0.376 e. The highest BCUT2D eigenvalue weighted by Crippen LogP contribution is 2.16. The Bertz CT molecular complexity index is 226. The minimum Gasteiger partial charge on any atom is -0.376 e. The van der Waals surface area contributed by atoms with E-state index < -0.39 is 0 Å². The van der Waals surface area contributed by atoms with Gasteiger partial charge in [-0.15, -0.1) is 0 Å². The predicted molar refractivity (Wildman–Crippen MR) is 68.0 cm³/mol. The summed E-state index contributed by atoms with van der Waals surface area (Å²) in [6.45, 7) is 13.7. The number of nitrogens with zero attached hydrogens (tertiary/aromatic N) is 2. The second kappa shape index (κ2) is 5.65. The van der Waals surface area contributed by atoms with Gasteiger partial charge in [0.05, 0.1) is 32.1 Å². The summed E-state index contributed by atoms with van der Waals surface area (Å²) in [5, 5.41) is 0. The van der Waals surface area contributed by atoms with E-state index in [0.717, 1.165) is 33.0 Å². The molecule has 100 valence electrons. The summed E-state index contributed by atoms with van der Waals surface area (Å²) >= 11 is 0. The molecular weight excluding hydrogens is 216 g/mol. The second-order valence-corrected chi connectivity index (χ2v) is 5.67. The molecule has 4 atom stereocenters. The Labute approximate surface area is 105 Å². The highest BCUT2D eigenvalue weighted by molar-refractivity contribution is 4.80. The quantitative estimate of drug-likeness (QED) is 0.725. The Morgan fingerprint density at radius 3 is 1.65 bits per heavy atom. The van der Waals surface area contributed by atoms with Crippen LogP contribution in [0.25, 0.3) is 0 Å². The van der Waals surface area contributed by atoms with E-state index in [1.807, 2.05) is 0 Å². The van der Waals surface area contributed by atoms with Gasteiger partial charge in [0.15, 0.2) is 0 Å². The van der Waals surface area contributed by atoms with E-state index in [4.69, 9.17) is 9.47 Å². The maximum absolute atomic E-state index is 5.67. The summed E-state index contributed by atoms with van der Waals surface area (Å²) in [4.78, 5) is 5.06. The van der Waals surface area contributed by atoms with Crippen LogP contribution in [0.2, 0.25) is 0 Å². The summed E-state index contributed by atoms with van der Waals surface area (Å²) in [6, 6.07) is 1.05. The standard InChI is InChI=1S/C13H26N2O2/c1-10-7-16-12(3)5-14(10)9-15-6-13(4)17-8-11(15)2/h10-13H,5-9H2,1-4H3. The van der Waals surface area contributed by atoms with Crippen molar-refractivity contribution in [2.24, 2.45) is 0 Å². The third-order valence-electron chi connectivity index (χ3n) is 3.84. The summed E-state index contributed by atoms with van der Waals surface area (Å²) < 4.78 is 11.3. The van der Waals surface area contributed by atoms with Gasteiger partial charge in [-0.3, -0.25) is 9.80 Å². The fourth-order valence-electron chi connectivity index (χ4n) is 2.57. The summed E-state index contributed by atoms with van der Waals surface area (Å²) in [7, 11) is 0. The Kier molecular flexibility index (Phi) is 4.42. The van der Waals surface area contributed by atoms with Crippen molar-refractivity contribution in [3.8, 4) is 0 Å². The van der Waals surface area contributed by atoms with Crippen molar-refractivity contribution in [3.63, 3.8) is 0 Å². The maximum Gasteiger partial charge on any atom is 0.0675 e. The average molecular weight is 242 g/mol. The molecule has 0 aromatic carbocycles. The van der Waals surface area contributed by atoms with Crippen molar-refractivity contribution in [2.45, 2.75) is 52.0 Å². The second-order valence-electron chi connectivity index (χ2n) is 5.67. The van der Waals surface area contributed by atoms with Gasteiger partial charge in [-0.2, -0.15) is 0 Å². The van der Waals surface area contributed by atoms with Gasteiger partial charge >= 0.3 is 0 Å². The molecule has 0 saturated carbocycles. The van der Waals surface area contributed by atoms with Gasteiger partial charge in [0.2, 0.25) is 0 Å². The van der Waals surface area contributed by atoms with Crippen LogP contribution in [0, 0.1) is 0 Å². The van der Waals surface area contributed by atoms with Gasteiger partial charge in [-0.05, 0) is 27.7 Å². The smallest absolute Gasteiger partial charge is 0.0675 e. The van der Waals surface area contributed by atoms with Gasteiger partial charge < -0.3 is 9.47 Å². The predicted octanol–water partition coefficient (Wildman–Crippen LogP) is 1.16. The molecule has 0 amide bonds. The molecule has 0 spiro atoms. The van der Waals surface area contributed by atoms with E-state index in [2.05, 4.69) is 37.5 Å². The molecule has 2 heterocycles. The lowest BCUT2D eigenvalue weighted by Gasteiger charge is -2.44. The summed E-state index contributed by atoms with van der Waals surface area (Å²) in [6.07, 6.45) is 0.722. The van der Waals surface area contributed by atoms with Crippen LogP contribution in [-0.4, -0.2) is 67.1 Å². The van der Waals surface area contributed by atoms with Gasteiger partial charge in [-0.1, -0.05) is 0 Å². The van der Waals surface area contributed by atoms with E-state index >= 15 is 0 Å². The first-order chi connectivity index (χ1) is 8.06. The number of hydrogen-bond acceptors (Lipinski definition) is 4. The number of rotatable bonds is 2. The molecular formula is C13H26N2O2. The van der Waals surface area contributed by atoms with E-state index in [-0.39, 0.29) is 0 Å². The summed E-state index contributed by atoms with van der Waals surface area (Å²) in [5.74, 6) is 0. The van der Waals surface area contributed by atoms with Gasteiger partial charge in [-0.25, -0.2) is 0 Å². The molecule has 0 radical (unpaired) electrons. The van der Waals surface area contributed by atoms with Crippen LogP contribution in [0.4, 0.5) is 0 Å². The molecule has 4 heteroatoms. The normalized spacial score (nSPS) is 41.6. The zero-order valence-electron chi connectivity index (χ0n) is 11.6. The van der Waals surface area contributed by atoms with Crippen molar-refractivity contribution < 1.29 is 9.47 Å². The Hall–Kier alpha value is -0.160. The Balaban J connectivity index is 1.89. The third kappa shape index (κ3) is 3.41. The first-order valence-electron chi connectivity index (χ1n) is 6.77. The van der Waals surface area contributed by atoms with E-state index in [1.54, 1.807) is 0 Å². The molecule has 0 bridgehead atoms. The minimum absolute atomic E-state index is 0.361. The topological polar surface area (TPSA) is 24.9 Å². The summed E-state index contributed by atoms with van der Waals surface area (Å²) in [5.41, 5.74) is 0. The molecule has 2 aliphatic rings. The molecule has 2 rings (SSSR count). The van der Waals surface area contributed by atoms with Gasteiger partial charge in [0.1, 0.15) is 0 Å². The van der Waals surface area contributed by atoms with Gasteiger partial charge in [0, 0.05) is 25.2 Å². The van der Waals surface area contributed by atoms with Crippen LogP contribution in [0.5, 0.6) is 0 Å². The first-order valence-corrected chi connectivity index (χ1v) is 6.77. The number of ether oxygens (including phenoxy) is 2. The van der Waals surface area contributed by atoms with Crippen LogP contribution in [0.15, 0.2) is 0 Å². The van der Waals surface area contributed by atoms with Crippen LogP contribution in [0.1, 0.15) is 27.7 Å². The maximum atomic E-state index is 5.67. The third-order valence-corrected chi connectivity index (χ3v) is 3.84. The molecule has 4 unspecified atom stereocenters. The lowest BCUT2D eigenvalue weighted by molar-refractivity contribution is -0.104. The van der Waals surface area contributed by atoms with Crippen LogP contribution >= 0.6 is 0 Å². The minimum atomic E-state index is 0.361. The van der Waals surface area contributed by atoms with Crippen LogP contribution < -0.4 is 0 Å². The van der Waals surface area contributed by atoms with E-state index in [9.17, 15) is 0 Å². The Morgan fingerprint density at radius 1 is 0.824 bits per heavy atom. The molecule has 0 N–H and O–H groups in total. The fraction of sp³-hybridized carbons (Fsp3) is 1.00. The molecule has 0 aromatic heterocycles. The van der Waals surface area contributed by atoms with Crippen LogP contribution in [-0.2, 0) is 9.47 Å². The molecule has 17 heavy (non-hydrogen) atoms. The average Bonchev–Trinajstić information content (AvgIpc) is 2.28. The lowest BCUT2D eigenvalue weighted by atomic mass is 10.2. The molecule has 4 nitrogen and oxygen atoms in total. The SMILES string of the molecule is CC1CN(CN2CC(C)OCC2C)C(C)CO1. The monoisotopic (exact) mass is 242 g/mol. The lowest BCUT2D eigenvalue weighted by Crippen LogP contribution is -2.56. The van der Waals surface area contributed by atoms with Crippen molar-refractivity contribution in [3.05, 3.63) is 0 Å². The Morgan fingerprint density at radius 2 is 1.24 bits per heavy atom. The molecule has 0 aromatic rings. The van der Waals surface area contributed by atoms with Gasteiger partial charge in [0.25, 0.3) is 0 Å². The van der Waals surface area contributed by atoms with E-state index in [1.165, 1.54) is 0 Å². The molecule has 2 saturated heterocycles. The molecule has 2 aliphatic heterocycles. The van der Waals surface area contributed by atoms with Crippen molar-refractivity contribution in [1.82, 2.24) is 9.80 Å². The zero-order valence-corrected chi connectivity index (χ0v) is 11.6.